The lowest BCUT2D eigenvalue weighted by Crippen LogP contribution is -2.30. The van der Waals surface area contributed by atoms with Crippen LogP contribution in [0.15, 0.2) is 0 Å². The quantitative estimate of drug-likeness (QED) is 0.556. The summed E-state index contributed by atoms with van der Waals surface area (Å²) in [5, 5.41) is 0. The molecule has 0 aliphatic carbocycles. The van der Waals surface area contributed by atoms with Gasteiger partial charge in [-0.1, -0.05) is 69.6 Å². The number of hydrogen-bond donors (Lipinski definition) is 0. The first-order chi connectivity index (χ1) is 7.60. The van der Waals surface area contributed by atoms with Crippen LogP contribution in [-0.2, 0) is 19.0 Å². The molecule has 0 aromatic heterocycles. The standard InChI is InChI=1S/C7H6Cl6O4/c8-6(9,10)4(14)15-1-3-2-16-5(17-3)7(11,12)13/h3,5H,1-2H2. The van der Waals surface area contributed by atoms with E-state index in [2.05, 4.69) is 4.74 Å². The van der Waals surface area contributed by atoms with Gasteiger partial charge in [-0.15, -0.1) is 0 Å². The van der Waals surface area contributed by atoms with E-state index in [0.29, 0.717) is 0 Å². The van der Waals surface area contributed by atoms with Crippen LogP contribution in [0.4, 0.5) is 0 Å². The van der Waals surface area contributed by atoms with Crippen molar-refractivity contribution in [2.45, 2.75) is 20.0 Å². The highest BCUT2D eigenvalue weighted by Crippen LogP contribution is 2.36. The third-order valence-electron chi connectivity index (χ3n) is 1.65. The van der Waals surface area contributed by atoms with Gasteiger partial charge < -0.3 is 14.2 Å². The molecule has 1 saturated heterocycles. The second-order valence-corrected chi connectivity index (χ2v) is 7.71. The SMILES string of the molecule is O=C(OCC1COC(C(Cl)(Cl)Cl)O1)C(Cl)(Cl)Cl. The van der Waals surface area contributed by atoms with Gasteiger partial charge >= 0.3 is 5.97 Å². The van der Waals surface area contributed by atoms with E-state index in [0.717, 1.165) is 0 Å². The Bertz CT molecular complexity index is 285. The molecular weight excluding hydrogens is 361 g/mol. The summed E-state index contributed by atoms with van der Waals surface area (Å²) in [6, 6.07) is 0. The van der Waals surface area contributed by atoms with Gasteiger partial charge in [0.2, 0.25) is 10.1 Å². The first-order valence-corrected chi connectivity index (χ1v) is 6.45. The molecule has 1 heterocycles. The van der Waals surface area contributed by atoms with E-state index in [9.17, 15) is 4.79 Å². The minimum absolute atomic E-state index is 0.103. The van der Waals surface area contributed by atoms with E-state index in [1.165, 1.54) is 0 Å². The lowest BCUT2D eigenvalue weighted by Gasteiger charge is -2.18. The van der Waals surface area contributed by atoms with E-state index in [1.807, 2.05) is 0 Å². The Morgan fingerprint density at radius 2 is 1.82 bits per heavy atom. The van der Waals surface area contributed by atoms with Crippen molar-refractivity contribution in [1.82, 2.24) is 0 Å². The average Bonchev–Trinajstić information content (AvgIpc) is 2.59. The maximum absolute atomic E-state index is 11.1. The molecule has 0 spiro atoms. The average molecular weight is 367 g/mol. The van der Waals surface area contributed by atoms with Gasteiger partial charge in [-0.25, -0.2) is 4.79 Å². The van der Waals surface area contributed by atoms with Crippen molar-refractivity contribution in [1.29, 1.82) is 0 Å². The summed E-state index contributed by atoms with van der Waals surface area (Å²) in [5.74, 6) is -1.01. The van der Waals surface area contributed by atoms with Crippen LogP contribution in [0.1, 0.15) is 0 Å². The number of esters is 1. The topological polar surface area (TPSA) is 44.8 Å². The second kappa shape index (κ2) is 6.06. The Labute approximate surface area is 127 Å². The van der Waals surface area contributed by atoms with Crippen molar-refractivity contribution < 1.29 is 19.0 Å². The molecule has 0 aromatic carbocycles. The molecule has 2 atom stereocenters. The van der Waals surface area contributed by atoms with Gasteiger partial charge in [-0.2, -0.15) is 0 Å². The molecule has 4 nitrogen and oxygen atoms in total. The molecule has 0 aromatic rings. The third-order valence-corrected chi connectivity index (χ3v) is 2.65. The Balaban J connectivity index is 2.35. The molecule has 0 radical (unpaired) electrons. The predicted molar refractivity (Wildman–Crippen MR) is 66.2 cm³/mol. The van der Waals surface area contributed by atoms with Crippen LogP contribution in [0.5, 0.6) is 0 Å². The van der Waals surface area contributed by atoms with Gasteiger partial charge in [0, 0.05) is 0 Å². The highest BCUT2D eigenvalue weighted by atomic mass is 35.6. The van der Waals surface area contributed by atoms with Crippen molar-refractivity contribution >= 4 is 75.6 Å². The first-order valence-electron chi connectivity index (χ1n) is 4.18. The van der Waals surface area contributed by atoms with Gasteiger partial charge in [-0.3, -0.25) is 0 Å². The minimum Gasteiger partial charge on any atom is -0.460 e. The highest BCUT2D eigenvalue weighted by Gasteiger charge is 2.42. The monoisotopic (exact) mass is 364 g/mol. The second-order valence-electron chi connectivity index (χ2n) is 3.06. The van der Waals surface area contributed by atoms with E-state index < -0.39 is 25.9 Å². The Morgan fingerprint density at radius 3 is 2.24 bits per heavy atom. The third kappa shape index (κ3) is 5.33. The molecule has 0 amide bonds. The molecule has 0 saturated carbocycles. The molecular formula is C7H6Cl6O4. The van der Waals surface area contributed by atoms with Crippen LogP contribution in [-0.4, -0.2) is 39.2 Å². The van der Waals surface area contributed by atoms with E-state index in [4.69, 9.17) is 79.1 Å². The summed E-state index contributed by atoms with van der Waals surface area (Å²) >= 11 is 32.5. The molecule has 0 N–H and O–H groups in total. The van der Waals surface area contributed by atoms with Crippen LogP contribution in [0.3, 0.4) is 0 Å². The zero-order valence-electron chi connectivity index (χ0n) is 7.97. The summed E-state index contributed by atoms with van der Waals surface area (Å²) < 4.78 is 11.0. The number of halogens is 6. The van der Waals surface area contributed by atoms with E-state index in [-0.39, 0.29) is 13.2 Å². The summed E-state index contributed by atoms with van der Waals surface area (Å²) in [4.78, 5) is 11.1. The number of carbonyl (C=O) groups is 1. The molecule has 1 aliphatic rings. The highest BCUT2D eigenvalue weighted by molar-refractivity contribution is 6.75. The zero-order valence-corrected chi connectivity index (χ0v) is 12.5. The van der Waals surface area contributed by atoms with Gasteiger partial charge in [0.25, 0.3) is 3.79 Å². The van der Waals surface area contributed by atoms with Crippen LogP contribution in [0.25, 0.3) is 0 Å². The zero-order chi connectivity index (χ0) is 13.3. The van der Waals surface area contributed by atoms with E-state index in [1.54, 1.807) is 0 Å². The fraction of sp³-hybridized carbons (Fsp3) is 0.857. The normalized spacial score (nSPS) is 26.0. The molecule has 1 aliphatic heterocycles. The largest absolute Gasteiger partial charge is 0.460 e. The van der Waals surface area contributed by atoms with Crippen molar-refractivity contribution in [2.75, 3.05) is 13.2 Å². The fourth-order valence-electron chi connectivity index (χ4n) is 0.958. The Kier molecular flexibility index (Phi) is 5.76. The molecule has 10 heteroatoms. The molecule has 100 valence electrons. The number of alkyl halides is 6. The smallest absolute Gasteiger partial charge is 0.358 e. The molecule has 2 unspecified atom stereocenters. The van der Waals surface area contributed by atoms with Crippen LogP contribution in [0, 0.1) is 0 Å². The first kappa shape index (κ1) is 16.2. The number of ether oxygens (including phenoxy) is 3. The van der Waals surface area contributed by atoms with Crippen LogP contribution in [0.2, 0.25) is 0 Å². The maximum atomic E-state index is 11.1. The molecule has 17 heavy (non-hydrogen) atoms. The maximum Gasteiger partial charge on any atom is 0.358 e. The van der Waals surface area contributed by atoms with Gasteiger partial charge in [0.05, 0.1) is 6.61 Å². The Morgan fingerprint density at radius 1 is 1.24 bits per heavy atom. The van der Waals surface area contributed by atoms with Gasteiger partial charge in [0.15, 0.2) is 0 Å². The number of hydrogen-bond acceptors (Lipinski definition) is 4. The predicted octanol–water partition coefficient (Wildman–Crippen LogP) is 3.01. The lowest BCUT2D eigenvalue weighted by atomic mass is 10.4. The summed E-state index contributed by atoms with van der Waals surface area (Å²) in [7, 11) is 0. The molecule has 1 rings (SSSR count). The van der Waals surface area contributed by atoms with Crippen molar-refractivity contribution in [3.63, 3.8) is 0 Å². The number of carbonyl (C=O) groups excluding carboxylic acids is 1. The minimum atomic E-state index is -2.13. The molecule has 0 bridgehead atoms. The van der Waals surface area contributed by atoms with E-state index >= 15 is 0 Å². The Hall–Kier alpha value is 1.13. The van der Waals surface area contributed by atoms with Gasteiger partial charge in [-0.05, 0) is 0 Å². The summed E-state index contributed by atoms with van der Waals surface area (Å²) in [6.07, 6.45) is -1.60. The lowest BCUT2D eigenvalue weighted by molar-refractivity contribution is -0.146. The fourth-order valence-corrected chi connectivity index (χ4v) is 1.46. The van der Waals surface area contributed by atoms with Crippen LogP contribution >= 0.6 is 69.6 Å². The van der Waals surface area contributed by atoms with Crippen LogP contribution < -0.4 is 0 Å². The van der Waals surface area contributed by atoms with Gasteiger partial charge in [0.1, 0.15) is 12.7 Å². The van der Waals surface area contributed by atoms with Crippen molar-refractivity contribution in [3.05, 3.63) is 0 Å². The summed E-state index contributed by atoms with van der Waals surface area (Å²) in [5.41, 5.74) is 0. The molecule has 1 fully saturated rings. The number of rotatable bonds is 2. The summed E-state index contributed by atoms with van der Waals surface area (Å²) in [6.45, 7) is -0.0598. The van der Waals surface area contributed by atoms with Crippen molar-refractivity contribution in [3.8, 4) is 0 Å². The van der Waals surface area contributed by atoms with Crippen molar-refractivity contribution in [2.24, 2.45) is 0 Å².